The lowest BCUT2D eigenvalue weighted by atomic mass is 10.1. The number of rotatable bonds is 5. The Bertz CT molecular complexity index is 395. The molecule has 0 bridgehead atoms. The van der Waals surface area contributed by atoms with Gasteiger partial charge in [-0.3, -0.25) is 4.79 Å². The number of hydrogen-bond acceptors (Lipinski definition) is 1. The second-order valence-electron chi connectivity index (χ2n) is 4.19. The molecule has 0 aliphatic heterocycles. The number of aryl methyl sites for hydroxylation is 1. The van der Waals surface area contributed by atoms with E-state index >= 15 is 0 Å². The molecule has 17 heavy (non-hydrogen) atoms. The molecule has 0 aromatic heterocycles. The first-order valence-corrected chi connectivity index (χ1v) is 6.21. The van der Waals surface area contributed by atoms with Gasteiger partial charge in [-0.2, -0.15) is 0 Å². The molecule has 0 aliphatic carbocycles. The largest absolute Gasteiger partial charge is 0.349 e. The van der Waals surface area contributed by atoms with Gasteiger partial charge in [0.2, 0.25) is 0 Å². The van der Waals surface area contributed by atoms with Crippen LogP contribution < -0.4 is 5.32 Å². The fraction of sp³-hybridized carbons (Fsp3) is 0.462. The third kappa shape index (κ3) is 4.35. The van der Waals surface area contributed by atoms with E-state index in [-0.39, 0.29) is 17.5 Å². The number of alkyl halides is 1. The predicted octanol–water partition coefficient (Wildman–Crippen LogP) is 3.27. The number of amides is 1. The van der Waals surface area contributed by atoms with E-state index in [0.717, 1.165) is 18.4 Å². The maximum Gasteiger partial charge on any atom is 0.254 e. The first kappa shape index (κ1) is 14.0. The van der Waals surface area contributed by atoms with Crippen molar-refractivity contribution in [3.63, 3.8) is 0 Å². The van der Waals surface area contributed by atoms with E-state index in [4.69, 9.17) is 11.6 Å². The van der Waals surface area contributed by atoms with Crippen LogP contribution in [0.1, 0.15) is 35.7 Å². The van der Waals surface area contributed by atoms with Crippen LogP contribution in [0.4, 0.5) is 4.39 Å². The molecule has 1 unspecified atom stereocenters. The van der Waals surface area contributed by atoms with Crippen LogP contribution in [0.3, 0.4) is 0 Å². The molecule has 0 radical (unpaired) electrons. The third-order valence-corrected chi connectivity index (χ3v) is 2.78. The summed E-state index contributed by atoms with van der Waals surface area (Å²) in [4.78, 5) is 11.8. The van der Waals surface area contributed by atoms with Gasteiger partial charge in [0.15, 0.2) is 0 Å². The van der Waals surface area contributed by atoms with Crippen molar-refractivity contribution < 1.29 is 9.18 Å². The number of benzene rings is 1. The molecule has 1 atom stereocenters. The van der Waals surface area contributed by atoms with Gasteiger partial charge < -0.3 is 5.32 Å². The summed E-state index contributed by atoms with van der Waals surface area (Å²) in [6.45, 7) is 3.71. The summed E-state index contributed by atoms with van der Waals surface area (Å²) in [6.07, 6.45) is 1.63. The van der Waals surface area contributed by atoms with E-state index in [1.165, 1.54) is 6.07 Å². The van der Waals surface area contributed by atoms with Gasteiger partial charge in [-0.25, -0.2) is 4.39 Å². The Morgan fingerprint density at radius 3 is 2.88 bits per heavy atom. The number of hydrogen-bond donors (Lipinski definition) is 1. The van der Waals surface area contributed by atoms with Crippen LogP contribution in [0.5, 0.6) is 0 Å². The van der Waals surface area contributed by atoms with E-state index in [2.05, 4.69) is 5.32 Å². The van der Waals surface area contributed by atoms with Gasteiger partial charge in [-0.1, -0.05) is 11.6 Å². The average Bonchev–Trinajstić information content (AvgIpc) is 2.29. The molecule has 1 aromatic rings. The summed E-state index contributed by atoms with van der Waals surface area (Å²) in [5, 5.41) is 2.76. The quantitative estimate of drug-likeness (QED) is 0.806. The van der Waals surface area contributed by atoms with Crippen molar-refractivity contribution >= 4 is 17.5 Å². The topological polar surface area (TPSA) is 29.1 Å². The number of nitrogens with one attached hydrogen (secondary N) is 1. The molecular formula is C13H17ClFNO. The van der Waals surface area contributed by atoms with Crippen molar-refractivity contribution in [3.05, 3.63) is 35.1 Å². The molecular weight excluding hydrogens is 241 g/mol. The highest BCUT2D eigenvalue weighted by Gasteiger charge is 2.13. The third-order valence-electron chi connectivity index (χ3n) is 2.51. The fourth-order valence-corrected chi connectivity index (χ4v) is 1.72. The monoisotopic (exact) mass is 257 g/mol. The van der Waals surface area contributed by atoms with Gasteiger partial charge in [-0.05, 0) is 38.8 Å². The zero-order valence-corrected chi connectivity index (χ0v) is 10.9. The van der Waals surface area contributed by atoms with Crippen molar-refractivity contribution in [2.45, 2.75) is 32.7 Å². The van der Waals surface area contributed by atoms with Crippen molar-refractivity contribution in [1.82, 2.24) is 5.32 Å². The Labute approximate surface area is 106 Å². The van der Waals surface area contributed by atoms with E-state index in [0.29, 0.717) is 5.88 Å². The van der Waals surface area contributed by atoms with Gasteiger partial charge in [0.05, 0.1) is 5.56 Å². The molecule has 0 saturated carbocycles. The van der Waals surface area contributed by atoms with Crippen LogP contribution in [-0.4, -0.2) is 17.8 Å². The van der Waals surface area contributed by atoms with Gasteiger partial charge >= 0.3 is 0 Å². The summed E-state index contributed by atoms with van der Waals surface area (Å²) in [5.74, 6) is -0.287. The lowest BCUT2D eigenvalue weighted by Gasteiger charge is -2.13. The molecule has 0 aliphatic rings. The standard InChI is InChI=1S/C13H17ClFNO/c1-9-5-6-12(15)11(8-9)13(17)16-10(2)4-3-7-14/h5-6,8,10H,3-4,7H2,1-2H3,(H,16,17). The molecule has 1 amide bonds. The summed E-state index contributed by atoms with van der Waals surface area (Å²) in [7, 11) is 0. The second-order valence-corrected chi connectivity index (χ2v) is 4.57. The minimum atomic E-state index is -0.488. The zero-order valence-electron chi connectivity index (χ0n) is 10.1. The van der Waals surface area contributed by atoms with E-state index < -0.39 is 5.82 Å². The van der Waals surface area contributed by atoms with Crippen LogP contribution in [0.15, 0.2) is 18.2 Å². The van der Waals surface area contributed by atoms with Crippen molar-refractivity contribution in [2.75, 3.05) is 5.88 Å². The van der Waals surface area contributed by atoms with Crippen molar-refractivity contribution in [2.24, 2.45) is 0 Å². The van der Waals surface area contributed by atoms with Gasteiger partial charge in [-0.15, -0.1) is 11.6 Å². The normalized spacial score (nSPS) is 12.2. The molecule has 0 fully saturated rings. The van der Waals surface area contributed by atoms with Crippen molar-refractivity contribution in [3.8, 4) is 0 Å². The molecule has 4 heteroatoms. The first-order valence-electron chi connectivity index (χ1n) is 5.67. The maximum absolute atomic E-state index is 13.4. The Morgan fingerprint density at radius 1 is 1.53 bits per heavy atom. The maximum atomic E-state index is 13.4. The van der Waals surface area contributed by atoms with Crippen LogP contribution in [-0.2, 0) is 0 Å². The van der Waals surface area contributed by atoms with Crippen LogP contribution >= 0.6 is 11.6 Å². The highest BCUT2D eigenvalue weighted by Crippen LogP contribution is 2.10. The van der Waals surface area contributed by atoms with Gasteiger partial charge in [0.25, 0.3) is 5.91 Å². The summed E-state index contributed by atoms with van der Waals surface area (Å²) in [5.41, 5.74) is 0.965. The van der Waals surface area contributed by atoms with E-state index in [9.17, 15) is 9.18 Å². The number of carbonyl (C=O) groups is 1. The molecule has 1 N–H and O–H groups in total. The summed E-state index contributed by atoms with van der Waals surface area (Å²) >= 11 is 5.57. The lowest BCUT2D eigenvalue weighted by Crippen LogP contribution is -2.33. The molecule has 2 nitrogen and oxygen atoms in total. The number of halogens is 2. The Hall–Kier alpha value is -1.09. The summed E-state index contributed by atoms with van der Waals surface area (Å²) in [6, 6.07) is 4.51. The van der Waals surface area contributed by atoms with Crippen LogP contribution in [0, 0.1) is 12.7 Å². The minimum Gasteiger partial charge on any atom is -0.349 e. The zero-order chi connectivity index (χ0) is 12.8. The van der Waals surface area contributed by atoms with Crippen LogP contribution in [0.2, 0.25) is 0 Å². The highest BCUT2D eigenvalue weighted by molar-refractivity contribution is 6.17. The average molecular weight is 258 g/mol. The SMILES string of the molecule is Cc1ccc(F)c(C(=O)NC(C)CCCCl)c1. The van der Waals surface area contributed by atoms with Crippen molar-refractivity contribution in [1.29, 1.82) is 0 Å². The number of carbonyl (C=O) groups excluding carboxylic acids is 1. The fourth-order valence-electron chi connectivity index (χ4n) is 1.57. The molecule has 0 spiro atoms. The van der Waals surface area contributed by atoms with Crippen LogP contribution in [0.25, 0.3) is 0 Å². The van der Waals surface area contributed by atoms with E-state index in [1.54, 1.807) is 12.1 Å². The molecule has 0 saturated heterocycles. The van der Waals surface area contributed by atoms with E-state index in [1.807, 2.05) is 13.8 Å². The molecule has 1 rings (SSSR count). The Kier molecular flexibility index (Phi) is 5.42. The highest BCUT2D eigenvalue weighted by atomic mass is 35.5. The first-order chi connectivity index (χ1) is 8.04. The van der Waals surface area contributed by atoms with Gasteiger partial charge in [0.1, 0.15) is 5.82 Å². The smallest absolute Gasteiger partial charge is 0.254 e. The predicted molar refractivity (Wildman–Crippen MR) is 68.0 cm³/mol. The molecule has 0 heterocycles. The molecule has 94 valence electrons. The second kappa shape index (κ2) is 6.60. The molecule has 1 aromatic carbocycles. The minimum absolute atomic E-state index is 0.00108. The Morgan fingerprint density at radius 2 is 2.24 bits per heavy atom. The van der Waals surface area contributed by atoms with Gasteiger partial charge in [0, 0.05) is 11.9 Å². The summed E-state index contributed by atoms with van der Waals surface area (Å²) < 4.78 is 13.4. The lowest BCUT2D eigenvalue weighted by molar-refractivity contribution is 0.0934. The Balaban J connectivity index is 2.66.